The standard InChI is InChI=1S/C55H35BN2OS/c1-55(2)40-21-13-22-42-53(40)57(45-30-34-17-7-6-16-33(34)28-41(45)55)46-31-48-50(39-19-8-10-24-47(39)59-48)51-38-27-26-35(32-14-4-3-5-15-32)29-44(38)58(56(42)52(46)51)43-23-12-20-37-36-18-9-11-25-49(36)60-54(37)43/h3-31H,1-2H3. The van der Waals surface area contributed by atoms with E-state index in [1.54, 1.807) is 0 Å². The summed E-state index contributed by atoms with van der Waals surface area (Å²) in [5, 5.41) is 7.43. The molecule has 5 heterocycles. The molecule has 0 fully saturated rings. The van der Waals surface area contributed by atoms with Gasteiger partial charge in [0.2, 0.25) is 0 Å². The van der Waals surface area contributed by atoms with Crippen LogP contribution in [0.15, 0.2) is 180 Å². The predicted molar refractivity (Wildman–Crippen MR) is 255 cm³/mol. The first-order valence-corrected chi connectivity index (χ1v) is 21.7. The van der Waals surface area contributed by atoms with Gasteiger partial charge in [0, 0.05) is 66.0 Å². The summed E-state index contributed by atoms with van der Waals surface area (Å²) in [6, 6.07) is 65.5. The topological polar surface area (TPSA) is 19.6 Å². The highest BCUT2D eigenvalue weighted by atomic mass is 32.1. The van der Waals surface area contributed by atoms with Crippen LogP contribution in [-0.4, -0.2) is 6.85 Å². The van der Waals surface area contributed by atoms with E-state index in [0.29, 0.717) is 0 Å². The molecule has 14 rings (SSSR count). The lowest BCUT2D eigenvalue weighted by Gasteiger charge is -2.50. The molecule has 11 aromatic rings. The minimum absolute atomic E-state index is 0.133. The lowest BCUT2D eigenvalue weighted by Crippen LogP contribution is -2.62. The molecule has 0 N–H and O–H groups in total. The van der Waals surface area contributed by atoms with Gasteiger partial charge in [-0.1, -0.05) is 147 Å². The number of fused-ring (bicyclic) bond motifs is 14. The molecular weight excluding hydrogens is 747 g/mol. The van der Waals surface area contributed by atoms with Crippen molar-refractivity contribution in [2.45, 2.75) is 19.3 Å². The van der Waals surface area contributed by atoms with E-state index in [2.05, 4.69) is 199 Å². The highest BCUT2D eigenvalue weighted by molar-refractivity contribution is 7.26. The van der Waals surface area contributed by atoms with Crippen LogP contribution in [0.5, 0.6) is 0 Å². The second-order valence-electron chi connectivity index (χ2n) is 17.2. The SMILES string of the molecule is CC1(C)c2cc3ccccc3cc2N2c3cc4oc5ccccc5c4c4c3B(c3cccc1c32)N(c1cccc2c1sc1ccccc12)c1cc(-c2ccccc2)ccc1-4. The summed E-state index contributed by atoms with van der Waals surface area (Å²) in [5.74, 6) is 0. The molecule has 0 radical (unpaired) electrons. The Labute approximate surface area is 351 Å². The van der Waals surface area contributed by atoms with E-state index in [1.807, 2.05) is 11.3 Å². The fourth-order valence-corrected chi connectivity index (χ4v) is 12.3. The van der Waals surface area contributed by atoms with Crippen LogP contribution in [0.3, 0.4) is 0 Å². The minimum atomic E-state index is -0.256. The first-order valence-electron chi connectivity index (χ1n) is 20.9. The summed E-state index contributed by atoms with van der Waals surface area (Å²) in [4.78, 5) is 5.30. The van der Waals surface area contributed by atoms with Crippen LogP contribution in [0.1, 0.15) is 25.0 Å². The first kappa shape index (κ1) is 32.8. The Morgan fingerprint density at radius 1 is 0.533 bits per heavy atom. The monoisotopic (exact) mass is 782 g/mol. The summed E-state index contributed by atoms with van der Waals surface area (Å²) < 4.78 is 9.53. The van der Waals surface area contributed by atoms with Crippen LogP contribution in [0.4, 0.5) is 28.4 Å². The largest absolute Gasteiger partial charge is 0.456 e. The van der Waals surface area contributed by atoms with Crippen molar-refractivity contribution in [3.8, 4) is 22.3 Å². The van der Waals surface area contributed by atoms with Crippen molar-refractivity contribution in [3.05, 3.63) is 187 Å². The van der Waals surface area contributed by atoms with Gasteiger partial charge < -0.3 is 14.1 Å². The van der Waals surface area contributed by atoms with Gasteiger partial charge in [0.05, 0.1) is 10.4 Å². The summed E-state index contributed by atoms with van der Waals surface area (Å²) in [6.45, 7) is 4.69. The van der Waals surface area contributed by atoms with E-state index in [0.717, 1.165) is 16.6 Å². The van der Waals surface area contributed by atoms with E-state index in [1.165, 1.54) is 109 Å². The summed E-state index contributed by atoms with van der Waals surface area (Å²) >= 11 is 1.90. The summed E-state index contributed by atoms with van der Waals surface area (Å²) in [7, 11) is 0. The number of hydrogen-bond acceptors (Lipinski definition) is 4. The molecule has 60 heavy (non-hydrogen) atoms. The second kappa shape index (κ2) is 11.6. The Hall–Kier alpha value is -7.08. The van der Waals surface area contributed by atoms with E-state index in [9.17, 15) is 0 Å². The highest BCUT2D eigenvalue weighted by Crippen LogP contribution is 2.58. The van der Waals surface area contributed by atoms with Gasteiger partial charge in [-0.25, -0.2) is 0 Å². The fraction of sp³-hybridized carbons (Fsp3) is 0.0545. The smallest absolute Gasteiger partial charge is 0.333 e. The quantitative estimate of drug-likeness (QED) is 0.163. The molecule has 0 saturated carbocycles. The lowest BCUT2D eigenvalue weighted by atomic mass is 9.42. The highest BCUT2D eigenvalue weighted by Gasteiger charge is 2.50. The number of nitrogens with zero attached hydrogens (tertiary/aromatic N) is 2. The van der Waals surface area contributed by atoms with Crippen LogP contribution >= 0.6 is 11.3 Å². The molecule has 0 bridgehead atoms. The Bertz CT molecular complexity index is 3670. The maximum absolute atomic E-state index is 6.92. The second-order valence-corrected chi connectivity index (χ2v) is 18.3. The summed E-state index contributed by atoms with van der Waals surface area (Å²) in [6.07, 6.45) is 0. The molecule has 5 heteroatoms. The van der Waals surface area contributed by atoms with Crippen molar-refractivity contribution in [2.24, 2.45) is 0 Å². The van der Waals surface area contributed by atoms with Gasteiger partial charge in [-0.2, -0.15) is 0 Å². The third kappa shape index (κ3) is 4.15. The minimum Gasteiger partial charge on any atom is -0.456 e. The zero-order valence-electron chi connectivity index (χ0n) is 33.0. The maximum atomic E-state index is 6.92. The van der Waals surface area contributed by atoms with E-state index < -0.39 is 0 Å². The van der Waals surface area contributed by atoms with Crippen LogP contribution in [0.2, 0.25) is 0 Å². The van der Waals surface area contributed by atoms with Gasteiger partial charge in [0.15, 0.2) is 0 Å². The molecule has 0 amide bonds. The number of anilines is 5. The van der Waals surface area contributed by atoms with Crippen molar-refractivity contribution in [1.29, 1.82) is 0 Å². The average molecular weight is 783 g/mol. The Balaban J connectivity index is 1.18. The lowest BCUT2D eigenvalue weighted by molar-refractivity contribution is 0.633. The zero-order chi connectivity index (χ0) is 39.4. The number of hydrogen-bond donors (Lipinski definition) is 0. The molecule has 0 atom stereocenters. The number of benzene rings is 9. The molecule has 3 aliphatic heterocycles. The molecular formula is C55H35BN2OS. The Kier molecular flexibility index (Phi) is 6.33. The number of furan rings is 1. The molecule has 0 saturated heterocycles. The zero-order valence-corrected chi connectivity index (χ0v) is 33.8. The number of thiophene rings is 1. The van der Waals surface area contributed by atoms with Crippen LogP contribution in [-0.2, 0) is 5.41 Å². The molecule has 0 aliphatic carbocycles. The number of para-hydroxylation sites is 2. The van der Waals surface area contributed by atoms with Gasteiger partial charge in [-0.3, -0.25) is 0 Å². The van der Waals surface area contributed by atoms with Crippen LogP contribution < -0.4 is 20.6 Å². The van der Waals surface area contributed by atoms with Crippen molar-refractivity contribution >= 4 is 110 Å². The van der Waals surface area contributed by atoms with Gasteiger partial charge >= 0.3 is 6.85 Å². The van der Waals surface area contributed by atoms with Gasteiger partial charge in [-0.15, -0.1) is 11.3 Å². The van der Waals surface area contributed by atoms with Gasteiger partial charge in [0.1, 0.15) is 11.2 Å². The molecule has 2 aromatic heterocycles. The third-order valence-electron chi connectivity index (χ3n) is 13.8. The van der Waals surface area contributed by atoms with Crippen LogP contribution in [0.25, 0.3) is 75.1 Å². The Morgan fingerprint density at radius 2 is 1.28 bits per heavy atom. The van der Waals surface area contributed by atoms with E-state index in [4.69, 9.17) is 4.42 Å². The molecule has 0 unspecified atom stereocenters. The van der Waals surface area contributed by atoms with Gasteiger partial charge in [0.25, 0.3) is 0 Å². The van der Waals surface area contributed by atoms with Crippen LogP contribution in [0, 0.1) is 0 Å². The molecule has 9 aromatic carbocycles. The summed E-state index contributed by atoms with van der Waals surface area (Å²) in [5.41, 5.74) is 17.9. The predicted octanol–water partition coefficient (Wildman–Crippen LogP) is 14.1. The average Bonchev–Trinajstić information content (AvgIpc) is 3.87. The van der Waals surface area contributed by atoms with E-state index in [-0.39, 0.29) is 12.3 Å². The fourth-order valence-electron chi connectivity index (χ4n) is 11.1. The molecule has 3 aliphatic rings. The Morgan fingerprint density at radius 3 is 2.17 bits per heavy atom. The molecule has 0 spiro atoms. The molecule has 3 nitrogen and oxygen atoms in total. The third-order valence-corrected chi connectivity index (χ3v) is 15.0. The maximum Gasteiger partial charge on any atom is 0.333 e. The van der Waals surface area contributed by atoms with Gasteiger partial charge in [-0.05, 0) is 85.9 Å². The van der Waals surface area contributed by atoms with Crippen molar-refractivity contribution < 1.29 is 4.42 Å². The number of rotatable bonds is 2. The van der Waals surface area contributed by atoms with Crippen molar-refractivity contribution in [3.63, 3.8) is 0 Å². The van der Waals surface area contributed by atoms with E-state index >= 15 is 0 Å². The molecule has 280 valence electrons. The van der Waals surface area contributed by atoms with Crippen molar-refractivity contribution in [2.75, 3.05) is 9.71 Å². The normalized spacial score (nSPS) is 14.5. The first-order chi connectivity index (χ1) is 29.5. The van der Waals surface area contributed by atoms with Crippen molar-refractivity contribution in [1.82, 2.24) is 0 Å².